The average molecular weight is 357 g/mol. The molecule has 3 aromatic rings. The van der Waals surface area contributed by atoms with Crippen molar-refractivity contribution in [3.63, 3.8) is 0 Å². The number of aromatic nitrogens is 2. The van der Waals surface area contributed by atoms with Crippen LogP contribution in [0.3, 0.4) is 0 Å². The fourth-order valence-electron chi connectivity index (χ4n) is 2.76. The van der Waals surface area contributed by atoms with E-state index in [9.17, 15) is 9.59 Å². The second-order valence-corrected chi connectivity index (χ2v) is 6.01. The van der Waals surface area contributed by atoms with Crippen LogP contribution in [0.5, 0.6) is 5.75 Å². The highest BCUT2D eigenvalue weighted by Crippen LogP contribution is 2.34. The van der Waals surface area contributed by atoms with Crippen LogP contribution in [-0.2, 0) is 9.59 Å². The lowest BCUT2D eigenvalue weighted by Gasteiger charge is -2.29. The van der Waals surface area contributed by atoms with Crippen LogP contribution in [0.25, 0.3) is 10.9 Å². The van der Waals surface area contributed by atoms with Crippen LogP contribution in [0.1, 0.15) is 0 Å². The molecular weight excluding hydrogens is 344 g/mol. The summed E-state index contributed by atoms with van der Waals surface area (Å²) in [5.41, 5.74) is 1.82. The van der Waals surface area contributed by atoms with Crippen molar-refractivity contribution in [1.82, 2.24) is 10.2 Å². The van der Waals surface area contributed by atoms with Crippen LogP contribution in [-0.4, -0.2) is 35.2 Å². The number of amides is 2. The summed E-state index contributed by atoms with van der Waals surface area (Å²) in [6.07, 6.45) is 1.68. The van der Waals surface area contributed by atoms with Crippen LogP contribution >= 0.6 is 11.6 Å². The molecule has 0 bridgehead atoms. The number of H-pyrrole nitrogens is 1. The predicted octanol–water partition coefficient (Wildman–Crippen LogP) is 2.58. The molecule has 0 fully saturated rings. The third kappa shape index (κ3) is 2.89. The van der Waals surface area contributed by atoms with E-state index < -0.39 is 0 Å². The third-order valence-corrected chi connectivity index (χ3v) is 4.15. The smallest absolute Gasteiger partial charge is 0.265 e. The molecule has 0 saturated heterocycles. The van der Waals surface area contributed by atoms with Gasteiger partial charge in [0.2, 0.25) is 5.91 Å². The summed E-state index contributed by atoms with van der Waals surface area (Å²) in [6.45, 7) is -0.252. The van der Waals surface area contributed by atoms with Crippen molar-refractivity contribution in [1.29, 1.82) is 0 Å². The van der Waals surface area contributed by atoms with Crippen molar-refractivity contribution in [2.75, 3.05) is 23.4 Å². The molecule has 0 spiro atoms. The Hall–Kier alpha value is -3.06. The largest absolute Gasteiger partial charge is 0.482 e. The van der Waals surface area contributed by atoms with Gasteiger partial charge >= 0.3 is 0 Å². The Balaban J connectivity index is 1.58. The lowest BCUT2D eigenvalue weighted by Crippen LogP contribution is -2.43. The molecule has 8 heteroatoms. The Labute approximate surface area is 147 Å². The van der Waals surface area contributed by atoms with Gasteiger partial charge in [-0.1, -0.05) is 23.7 Å². The van der Waals surface area contributed by atoms with Gasteiger partial charge in [0.05, 0.1) is 23.1 Å². The van der Waals surface area contributed by atoms with Crippen molar-refractivity contribution < 1.29 is 14.3 Å². The number of aromatic amines is 1. The predicted molar refractivity (Wildman–Crippen MR) is 94.0 cm³/mol. The summed E-state index contributed by atoms with van der Waals surface area (Å²) in [5.74, 6) is -0.111. The van der Waals surface area contributed by atoms with Crippen molar-refractivity contribution in [3.8, 4) is 5.75 Å². The lowest BCUT2D eigenvalue weighted by molar-refractivity contribution is -0.123. The molecule has 0 aliphatic carbocycles. The van der Waals surface area contributed by atoms with Crippen molar-refractivity contribution in [3.05, 3.63) is 47.6 Å². The SMILES string of the molecule is O=C(CN1C(=O)COc2ccc(Cl)cc21)Nc1cccc2cn[nH]c12. The van der Waals surface area contributed by atoms with Gasteiger partial charge in [-0.05, 0) is 24.3 Å². The fourth-order valence-corrected chi connectivity index (χ4v) is 2.92. The third-order valence-electron chi connectivity index (χ3n) is 3.92. The van der Waals surface area contributed by atoms with Crippen LogP contribution in [0, 0.1) is 0 Å². The van der Waals surface area contributed by atoms with Crippen molar-refractivity contribution in [2.24, 2.45) is 0 Å². The molecule has 1 aromatic heterocycles. The highest BCUT2D eigenvalue weighted by atomic mass is 35.5. The van der Waals surface area contributed by atoms with E-state index in [-0.39, 0.29) is 25.0 Å². The summed E-state index contributed by atoms with van der Waals surface area (Å²) in [6, 6.07) is 10.4. The molecule has 126 valence electrons. The maximum atomic E-state index is 12.5. The number of halogens is 1. The lowest BCUT2D eigenvalue weighted by atomic mass is 10.2. The summed E-state index contributed by atoms with van der Waals surface area (Å²) < 4.78 is 5.37. The maximum Gasteiger partial charge on any atom is 0.265 e. The molecule has 2 amide bonds. The number of ether oxygens (including phenoxy) is 1. The van der Waals surface area contributed by atoms with Crippen LogP contribution in [0.2, 0.25) is 5.02 Å². The molecule has 1 aliphatic heterocycles. The number of anilines is 2. The van der Waals surface area contributed by atoms with Gasteiger partial charge in [0, 0.05) is 10.4 Å². The number of hydrogen-bond donors (Lipinski definition) is 2. The number of fused-ring (bicyclic) bond motifs is 2. The quantitative estimate of drug-likeness (QED) is 0.755. The monoisotopic (exact) mass is 356 g/mol. The molecule has 2 heterocycles. The summed E-state index contributed by atoms with van der Waals surface area (Å²) >= 11 is 6.00. The standard InChI is InChI=1S/C17H13ClN4O3/c18-11-4-5-14-13(6-11)22(16(24)9-25-14)8-15(23)20-12-3-1-2-10-7-19-21-17(10)12/h1-7H,8-9H2,(H,19,21)(H,20,23). The van der Waals surface area contributed by atoms with Gasteiger partial charge in [0.15, 0.2) is 6.61 Å². The Morgan fingerprint density at radius 2 is 2.24 bits per heavy atom. The first-order valence-corrected chi connectivity index (χ1v) is 7.94. The molecule has 0 saturated carbocycles. The number of rotatable bonds is 3. The molecule has 0 atom stereocenters. The van der Waals surface area contributed by atoms with Gasteiger partial charge in [0.1, 0.15) is 12.3 Å². The molecule has 0 radical (unpaired) electrons. The highest BCUT2D eigenvalue weighted by Gasteiger charge is 2.27. The van der Waals surface area contributed by atoms with E-state index in [2.05, 4.69) is 15.5 Å². The van der Waals surface area contributed by atoms with E-state index in [4.69, 9.17) is 16.3 Å². The summed E-state index contributed by atoms with van der Waals surface area (Å²) in [7, 11) is 0. The minimum atomic E-state index is -0.330. The number of benzene rings is 2. The number of para-hydroxylation sites is 1. The molecule has 0 unspecified atom stereocenters. The average Bonchev–Trinajstić information content (AvgIpc) is 3.07. The molecule has 1 aliphatic rings. The molecule has 2 aromatic carbocycles. The zero-order valence-corrected chi connectivity index (χ0v) is 13.7. The van der Waals surface area contributed by atoms with Crippen LogP contribution < -0.4 is 15.0 Å². The van der Waals surface area contributed by atoms with E-state index in [1.165, 1.54) is 4.90 Å². The highest BCUT2D eigenvalue weighted by molar-refractivity contribution is 6.31. The minimum absolute atomic E-state index is 0.113. The number of nitrogens with one attached hydrogen (secondary N) is 2. The van der Waals surface area contributed by atoms with Gasteiger partial charge in [-0.2, -0.15) is 5.10 Å². The Morgan fingerprint density at radius 1 is 1.36 bits per heavy atom. The van der Waals surface area contributed by atoms with Gasteiger partial charge in [-0.25, -0.2) is 0 Å². The topological polar surface area (TPSA) is 87.3 Å². The first-order chi connectivity index (χ1) is 12.1. The van der Waals surface area contributed by atoms with Gasteiger partial charge in [-0.3, -0.25) is 19.6 Å². The van der Waals surface area contributed by atoms with Crippen molar-refractivity contribution in [2.45, 2.75) is 0 Å². The van der Waals surface area contributed by atoms with E-state index in [1.54, 1.807) is 30.5 Å². The van der Waals surface area contributed by atoms with E-state index in [0.717, 1.165) is 10.9 Å². The first kappa shape index (κ1) is 15.5. The summed E-state index contributed by atoms with van der Waals surface area (Å²) in [4.78, 5) is 26.0. The normalized spacial score (nSPS) is 13.5. The number of nitrogens with zero attached hydrogens (tertiary/aromatic N) is 2. The van der Waals surface area contributed by atoms with E-state index in [1.807, 2.05) is 12.1 Å². The van der Waals surface area contributed by atoms with Crippen LogP contribution in [0.15, 0.2) is 42.6 Å². The zero-order valence-electron chi connectivity index (χ0n) is 13.0. The Morgan fingerprint density at radius 3 is 3.12 bits per heavy atom. The van der Waals surface area contributed by atoms with E-state index in [0.29, 0.717) is 22.1 Å². The summed E-state index contributed by atoms with van der Waals surface area (Å²) in [5, 5.41) is 11.0. The van der Waals surface area contributed by atoms with E-state index >= 15 is 0 Å². The molecule has 4 rings (SSSR count). The molecule has 7 nitrogen and oxygen atoms in total. The zero-order chi connectivity index (χ0) is 17.4. The Bertz CT molecular complexity index is 985. The van der Waals surface area contributed by atoms with Gasteiger partial charge in [0.25, 0.3) is 5.91 Å². The number of carbonyl (C=O) groups excluding carboxylic acids is 2. The molecular formula is C17H13ClN4O3. The number of hydrogen-bond acceptors (Lipinski definition) is 4. The van der Waals surface area contributed by atoms with Crippen molar-refractivity contribution >= 4 is 45.7 Å². The number of carbonyl (C=O) groups is 2. The van der Waals surface area contributed by atoms with Gasteiger partial charge in [-0.15, -0.1) is 0 Å². The maximum absolute atomic E-state index is 12.5. The minimum Gasteiger partial charge on any atom is -0.482 e. The second-order valence-electron chi connectivity index (χ2n) is 5.57. The molecule has 2 N–H and O–H groups in total. The van der Waals surface area contributed by atoms with Crippen LogP contribution in [0.4, 0.5) is 11.4 Å². The Kier molecular flexibility index (Phi) is 3.77. The fraction of sp³-hybridized carbons (Fsp3) is 0.118. The second kappa shape index (κ2) is 6.10. The van der Waals surface area contributed by atoms with Gasteiger partial charge < -0.3 is 10.1 Å². The molecule has 25 heavy (non-hydrogen) atoms. The first-order valence-electron chi connectivity index (χ1n) is 7.56.